The van der Waals surface area contributed by atoms with Crippen LogP contribution in [0.1, 0.15) is 19.4 Å². The number of carbonyl (C=O) groups is 2. The van der Waals surface area contributed by atoms with E-state index in [1.54, 1.807) is 0 Å². The van der Waals surface area contributed by atoms with Crippen molar-refractivity contribution in [3.63, 3.8) is 0 Å². The largest absolute Gasteiger partial charge is 0.471 e. The second kappa shape index (κ2) is 8.64. The predicted octanol–water partition coefficient (Wildman–Crippen LogP) is 3.05. The van der Waals surface area contributed by atoms with E-state index in [1.165, 1.54) is 62.4 Å². The van der Waals surface area contributed by atoms with Crippen molar-refractivity contribution in [1.29, 1.82) is 0 Å². The topological polar surface area (TPSA) is 89.5 Å². The van der Waals surface area contributed by atoms with Gasteiger partial charge in [-0.15, -0.1) is 0 Å². The molecule has 2 rings (SSSR count). The molecular formula is C19H18F3NO5S. The number of rotatable bonds is 6. The molecule has 0 aliphatic rings. The zero-order valence-electron chi connectivity index (χ0n) is 15.5. The van der Waals surface area contributed by atoms with Crippen LogP contribution in [0, 0.1) is 0 Å². The Morgan fingerprint density at radius 2 is 1.48 bits per heavy atom. The molecule has 0 radical (unpaired) electrons. The first-order valence-corrected chi connectivity index (χ1v) is 9.88. The second-order valence-electron chi connectivity index (χ2n) is 6.29. The van der Waals surface area contributed by atoms with E-state index in [9.17, 15) is 31.2 Å². The Bertz CT molecular complexity index is 984. The van der Waals surface area contributed by atoms with Gasteiger partial charge in [0, 0.05) is 13.0 Å². The van der Waals surface area contributed by atoms with Gasteiger partial charge in [0.25, 0.3) is 0 Å². The minimum absolute atomic E-state index is 0.00605. The van der Waals surface area contributed by atoms with Gasteiger partial charge in [-0.2, -0.15) is 13.2 Å². The lowest BCUT2D eigenvalue weighted by atomic mass is 10.1. The fourth-order valence-corrected chi connectivity index (χ4v) is 3.76. The van der Waals surface area contributed by atoms with Gasteiger partial charge in [0.1, 0.15) is 5.75 Å². The number of sulfone groups is 1. The van der Waals surface area contributed by atoms with E-state index in [-0.39, 0.29) is 22.0 Å². The molecule has 156 valence electrons. The molecule has 0 aromatic heterocycles. The fourth-order valence-electron chi connectivity index (χ4n) is 2.50. The van der Waals surface area contributed by atoms with E-state index < -0.39 is 33.9 Å². The van der Waals surface area contributed by atoms with Crippen LogP contribution in [-0.4, -0.2) is 32.5 Å². The first-order valence-electron chi connectivity index (χ1n) is 8.40. The van der Waals surface area contributed by atoms with Crippen molar-refractivity contribution in [3.8, 4) is 5.75 Å². The smallest absolute Gasteiger partial charge is 0.427 e. The van der Waals surface area contributed by atoms with Crippen molar-refractivity contribution in [1.82, 2.24) is 5.32 Å². The number of hydrogen-bond acceptors (Lipinski definition) is 5. The van der Waals surface area contributed by atoms with Crippen molar-refractivity contribution in [2.24, 2.45) is 0 Å². The van der Waals surface area contributed by atoms with Crippen molar-refractivity contribution in [2.75, 3.05) is 0 Å². The van der Waals surface area contributed by atoms with Crippen LogP contribution in [-0.2, 0) is 25.8 Å². The molecule has 2 aromatic rings. The normalized spacial score (nSPS) is 12.9. The highest BCUT2D eigenvalue weighted by Crippen LogP contribution is 2.24. The van der Waals surface area contributed by atoms with Crippen LogP contribution in [0.5, 0.6) is 5.75 Å². The van der Waals surface area contributed by atoms with E-state index in [1.807, 2.05) is 5.32 Å². The Kier molecular flexibility index (Phi) is 6.68. The number of hydrogen-bond donors (Lipinski definition) is 1. The number of carbonyl (C=O) groups excluding carboxylic acids is 2. The van der Waals surface area contributed by atoms with Crippen molar-refractivity contribution < 1.29 is 35.9 Å². The zero-order chi connectivity index (χ0) is 21.8. The Balaban J connectivity index is 2.10. The fraction of sp³-hybridized carbons (Fsp3) is 0.263. The summed E-state index contributed by atoms with van der Waals surface area (Å²) in [5.74, 6) is -2.35. The summed E-state index contributed by atoms with van der Waals surface area (Å²) in [5.41, 5.74) is 0.559. The lowest BCUT2D eigenvalue weighted by molar-refractivity contribution is -0.174. The summed E-state index contributed by atoms with van der Waals surface area (Å²) in [4.78, 5) is 21.8. The number of alkyl halides is 3. The van der Waals surface area contributed by atoms with Crippen LogP contribution in [0.3, 0.4) is 0 Å². The molecule has 29 heavy (non-hydrogen) atoms. The Labute approximate surface area is 165 Å². The molecule has 0 spiro atoms. The molecule has 0 bridgehead atoms. The number of esters is 1. The maximum atomic E-state index is 12.7. The first kappa shape index (κ1) is 22.4. The molecule has 1 N–H and O–H groups in total. The molecule has 0 unspecified atom stereocenters. The number of ether oxygens (including phenoxy) is 1. The van der Waals surface area contributed by atoms with Crippen LogP contribution in [0.4, 0.5) is 13.2 Å². The lowest BCUT2D eigenvalue weighted by Crippen LogP contribution is -2.42. The molecule has 0 aliphatic heterocycles. The summed E-state index contributed by atoms with van der Waals surface area (Å²) < 4.78 is 67.0. The quantitative estimate of drug-likeness (QED) is 0.563. The highest BCUT2D eigenvalue weighted by atomic mass is 32.2. The van der Waals surface area contributed by atoms with Crippen molar-refractivity contribution in [3.05, 3.63) is 54.1 Å². The van der Waals surface area contributed by atoms with Gasteiger partial charge in [0.15, 0.2) is 0 Å². The standard InChI is InChI=1S/C19H18F3NO5S/c1-12(23-18(25)19(20,21)22)11-14-3-7-16(8-4-14)29(26,27)17-9-5-15(6-10-17)28-13(2)24/h3-10,12H,11H2,1-2H3,(H,23,25)/t12-/m1/s1. The summed E-state index contributed by atoms with van der Waals surface area (Å²) in [7, 11) is -3.83. The summed E-state index contributed by atoms with van der Waals surface area (Å²) in [6.45, 7) is 2.64. The summed E-state index contributed by atoms with van der Waals surface area (Å²) in [5, 5.41) is 1.84. The average molecular weight is 429 g/mol. The zero-order valence-corrected chi connectivity index (χ0v) is 16.3. The third-order valence-electron chi connectivity index (χ3n) is 3.81. The average Bonchev–Trinajstić information content (AvgIpc) is 2.61. The minimum Gasteiger partial charge on any atom is -0.427 e. The number of benzene rings is 2. The van der Waals surface area contributed by atoms with Gasteiger partial charge in [-0.05, 0) is 55.3 Å². The number of amides is 1. The van der Waals surface area contributed by atoms with E-state index in [0.717, 1.165) is 0 Å². The highest BCUT2D eigenvalue weighted by Gasteiger charge is 2.39. The van der Waals surface area contributed by atoms with E-state index in [4.69, 9.17) is 4.74 Å². The molecule has 0 heterocycles. The number of nitrogens with one attached hydrogen (secondary N) is 1. The van der Waals surface area contributed by atoms with Gasteiger partial charge < -0.3 is 10.1 Å². The van der Waals surface area contributed by atoms with Crippen LogP contribution < -0.4 is 10.1 Å². The lowest BCUT2D eigenvalue weighted by Gasteiger charge is -2.15. The Hall–Kier alpha value is -2.88. The van der Waals surface area contributed by atoms with Crippen LogP contribution in [0.25, 0.3) is 0 Å². The van der Waals surface area contributed by atoms with Crippen LogP contribution in [0.15, 0.2) is 58.3 Å². The van der Waals surface area contributed by atoms with Gasteiger partial charge in [0.2, 0.25) is 9.84 Å². The number of halogens is 3. The molecule has 2 aromatic carbocycles. The third-order valence-corrected chi connectivity index (χ3v) is 5.59. The monoisotopic (exact) mass is 429 g/mol. The van der Waals surface area contributed by atoms with Gasteiger partial charge >= 0.3 is 18.1 Å². The highest BCUT2D eigenvalue weighted by molar-refractivity contribution is 7.91. The molecule has 1 amide bonds. The molecule has 1 atom stereocenters. The molecule has 0 aliphatic carbocycles. The van der Waals surface area contributed by atoms with E-state index in [2.05, 4.69) is 0 Å². The van der Waals surface area contributed by atoms with E-state index in [0.29, 0.717) is 5.56 Å². The van der Waals surface area contributed by atoms with Gasteiger partial charge in [-0.25, -0.2) is 8.42 Å². The summed E-state index contributed by atoms with van der Waals surface area (Å²) in [6, 6.07) is 10.1. The maximum Gasteiger partial charge on any atom is 0.471 e. The molecule has 0 saturated carbocycles. The predicted molar refractivity (Wildman–Crippen MR) is 97.0 cm³/mol. The Morgan fingerprint density at radius 3 is 1.93 bits per heavy atom. The van der Waals surface area contributed by atoms with Crippen molar-refractivity contribution >= 4 is 21.7 Å². The van der Waals surface area contributed by atoms with E-state index >= 15 is 0 Å². The Morgan fingerprint density at radius 1 is 1.00 bits per heavy atom. The summed E-state index contributed by atoms with van der Waals surface area (Å²) >= 11 is 0. The minimum atomic E-state index is -4.96. The molecule has 0 saturated heterocycles. The van der Waals surface area contributed by atoms with Gasteiger partial charge in [0.05, 0.1) is 9.79 Å². The van der Waals surface area contributed by atoms with Crippen molar-refractivity contribution in [2.45, 2.75) is 42.3 Å². The maximum absolute atomic E-state index is 12.7. The molecular weight excluding hydrogens is 411 g/mol. The van der Waals surface area contributed by atoms with Crippen LogP contribution in [0.2, 0.25) is 0 Å². The molecule has 10 heteroatoms. The SMILES string of the molecule is CC(=O)Oc1ccc(S(=O)(=O)c2ccc(C[C@@H](C)NC(=O)C(F)(F)F)cc2)cc1. The van der Waals surface area contributed by atoms with Gasteiger partial charge in [-0.1, -0.05) is 12.1 Å². The third kappa shape index (κ3) is 6.05. The van der Waals surface area contributed by atoms with Gasteiger partial charge in [-0.3, -0.25) is 9.59 Å². The molecule has 0 fully saturated rings. The first-order chi connectivity index (χ1) is 13.4. The summed E-state index contributed by atoms with van der Waals surface area (Å²) in [6.07, 6.45) is -4.86. The van der Waals surface area contributed by atoms with Crippen LogP contribution >= 0.6 is 0 Å². The second-order valence-corrected chi connectivity index (χ2v) is 8.24. The molecule has 6 nitrogen and oxygen atoms in total.